The monoisotopic (exact) mass is 857 g/mol. The Kier molecular flexibility index (Phi) is 9.29. The standard InChI is InChI=1S/C62H73BN2/c1-56(2,3)39-23-27-50(43(29-39)38-21-19-18-20-22-38)65-51-28-24-40(57(4,5)6)30-48(51)63-49-34-46-47(62(16,17)37-61(46,14)15)35-52(49)64(53-31-41(58(7,8)9)32-54(65)55(53)63)42-25-26-44-45(33-42)60(12,13)36-59(44,10)11/h18-35H,36-37H2,1-17H3. The lowest BCUT2D eigenvalue weighted by Gasteiger charge is -2.46. The van der Waals surface area contributed by atoms with Gasteiger partial charge in [0, 0.05) is 34.0 Å². The van der Waals surface area contributed by atoms with E-state index in [1.807, 2.05) is 0 Å². The van der Waals surface area contributed by atoms with Crippen LogP contribution >= 0.6 is 0 Å². The Balaban J connectivity index is 1.37. The van der Waals surface area contributed by atoms with Gasteiger partial charge >= 0.3 is 0 Å². The zero-order chi connectivity index (χ0) is 46.8. The van der Waals surface area contributed by atoms with Crippen LogP contribution in [0.4, 0.5) is 34.1 Å². The molecule has 0 saturated heterocycles. The molecule has 0 atom stereocenters. The van der Waals surface area contributed by atoms with Crippen molar-refractivity contribution in [3.63, 3.8) is 0 Å². The van der Waals surface area contributed by atoms with Gasteiger partial charge in [-0.3, -0.25) is 0 Å². The topological polar surface area (TPSA) is 6.48 Å². The molecule has 0 radical (unpaired) electrons. The summed E-state index contributed by atoms with van der Waals surface area (Å²) in [4.78, 5) is 5.37. The number of hydrogen-bond donors (Lipinski definition) is 0. The van der Waals surface area contributed by atoms with Gasteiger partial charge in [0.2, 0.25) is 0 Å². The summed E-state index contributed by atoms with van der Waals surface area (Å²) in [6, 6.07) is 43.8. The van der Waals surface area contributed by atoms with Crippen molar-refractivity contribution in [3.05, 3.63) is 148 Å². The summed E-state index contributed by atoms with van der Waals surface area (Å²) in [5, 5.41) is 0. The van der Waals surface area contributed by atoms with Crippen molar-refractivity contribution < 1.29 is 0 Å². The van der Waals surface area contributed by atoms with Crippen molar-refractivity contribution in [3.8, 4) is 11.1 Å². The first kappa shape index (κ1) is 43.9. The Hall–Kier alpha value is -5.02. The first-order valence-electron chi connectivity index (χ1n) is 24.6. The van der Waals surface area contributed by atoms with Gasteiger partial charge in [-0.2, -0.15) is 0 Å². The summed E-state index contributed by atoms with van der Waals surface area (Å²) in [6.07, 6.45) is 2.27. The van der Waals surface area contributed by atoms with Crippen LogP contribution in [0.15, 0.2) is 109 Å². The SMILES string of the molecule is CC(C)(C)c1ccc2c(c1)B1c3cc4c(cc3N(c3ccc5c(c3)C(C)(C)CC5(C)C)c3cc(C(C)(C)C)cc(c31)N2c1ccc(C(C)(C)C)cc1-c1ccccc1)C(C)(C)CC4(C)C. The molecule has 6 aromatic carbocycles. The molecule has 3 heteroatoms. The lowest BCUT2D eigenvalue weighted by Crippen LogP contribution is -2.62. The van der Waals surface area contributed by atoms with Gasteiger partial charge in [-0.1, -0.05) is 178 Å². The van der Waals surface area contributed by atoms with Crippen LogP contribution in [0, 0.1) is 0 Å². The number of rotatable bonds is 3. The van der Waals surface area contributed by atoms with E-state index in [1.54, 1.807) is 0 Å². The van der Waals surface area contributed by atoms with Crippen LogP contribution < -0.4 is 26.2 Å². The molecule has 0 bridgehead atoms. The molecule has 0 spiro atoms. The van der Waals surface area contributed by atoms with Crippen LogP contribution in [0.25, 0.3) is 11.1 Å². The molecular weight excluding hydrogens is 784 g/mol. The minimum absolute atomic E-state index is 0.00760. The van der Waals surface area contributed by atoms with Crippen LogP contribution in [0.3, 0.4) is 0 Å². The van der Waals surface area contributed by atoms with Gasteiger partial charge in [-0.15, -0.1) is 0 Å². The smallest absolute Gasteiger partial charge is 0.252 e. The summed E-state index contributed by atoms with van der Waals surface area (Å²) >= 11 is 0. The van der Waals surface area contributed by atoms with Crippen LogP contribution in [0.2, 0.25) is 0 Å². The number of fused-ring (bicyclic) bond motifs is 6. The lowest BCUT2D eigenvalue weighted by molar-refractivity contribution is 0.403. The van der Waals surface area contributed by atoms with Crippen molar-refractivity contribution in [2.45, 2.75) is 168 Å². The highest BCUT2D eigenvalue weighted by molar-refractivity contribution is 7.00. The maximum atomic E-state index is 2.71. The molecule has 0 N–H and O–H groups in total. The van der Waals surface area contributed by atoms with E-state index in [1.165, 1.54) is 101 Å². The molecule has 10 rings (SSSR count). The highest BCUT2D eigenvalue weighted by atomic mass is 15.2. The number of anilines is 6. The average molecular weight is 857 g/mol. The quantitative estimate of drug-likeness (QED) is 0.163. The van der Waals surface area contributed by atoms with E-state index in [2.05, 4.69) is 237 Å². The molecule has 65 heavy (non-hydrogen) atoms. The van der Waals surface area contributed by atoms with Gasteiger partial charge in [0.25, 0.3) is 6.71 Å². The molecule has 2 nitrogen and oxygen atoms in total. The number of nitrogens with zero attached hydrogens (tertiary/aromatic N) is 2. The molecule has 6 aromatic rings. The zero-order valence-electron chi connectivity index (χ0n) is 42.8. The van der Waals surface area contributed by atoms with Gasteiger partial charge in [-0.05, 0) is 160 Å². The number of benzene rings is 6. The number of hydrogen-bond acceptors (Lipinski definition) is 2. The molecule has 0 fully saturated rings. The summed E-state index contributed by atoms with van der Waals surface area (Å²) in [6.45, 7) is 41.0. The van der Waals surface area contributed by atoms with Crippen LogP contribution in [-0.2, 0) is 37.9 Å². The van der Waals surface area contributed by atoms with Crippen molar-refractivity contribution in [2.24, 2.45) is 0 Å². The molecule has 0 unspecified atom stereocenters. The van der Waals surface area contributed by atoms with Crippen LogP contribution in [-0.4, -0.2) is 6.71 Å². The largest absolute Gasteiger partial charge is 0.311 e. The van der Waals surface area contributed by atoms with E-state index in [-0.39, 0.29) is 44.6 Å². The second-order valence-corrected chi connectivity index (χ2v) is 26.2. The minimum atomic E-state index is -0.110. The van der Waals surface area contributed by atoms with E-state index in [0.29, 0.717) is 0 Å². The van der Waals surface area contributed by atoms with Crippen molar-refractivity contribution in [1.29, 1.82) is 0 Å². The molecular formula is C62H73BN2. The normalized spacial score (nSPS) is 18.5. The van der Waals surface area contributed by atoms with E-state index in [0.717, 1.165) is 12.8 Å². The summed E-state index contributed by atoms with van der Waals surface area (Å²) in [5.41, 5.74) is 24.6. The van der Waals surface area contributed by atoms with Crippen LogP contribution in [0.1, 0.15) is 169 Å². The Morgan fingerprint density at radius 1 is 0.400 bits per heavy atom. The predicted molar refractivity (Wildman–Crippen MR) is 283 cm³/mol. The molecule has 2 aliphatic heterocycles. The van der Waals surface area contributed by atoms with E-state index < -0.39 is 0 Å². The highest BCUT2D eigenvalue weighted by Crippen LogP contribution is 2.55. The first-order chi connectivity index (χ1) is 30.1. The molecule has 334 valence electrons. The maximum Gasteiger partial charge on any atom is 0.252 e. The Labute approximate surface area is 393 Å². The van der Waals surface area contributed by atoms with Gasteiger partial charge in [-0.25, -0.2) is 0 Å². The third-order valence-electron chi connectivity index (χ3n) is 16.1. The van der Waals surface area contributed by atoms with Gasteiger partial charge in [0.15, 0.2) is 0 Å². The average Bonchev–Trinajstić information content (AvgIpc) is 3.52. The van der Waals surface area contributed by atoms with Gasteiger partial charge in [0.1, 0.15) is 0 Å². The Morgan fingerprint density at radius 3 is 1.48 bits per heavy atom. The Bertz CT molecular complexity index is 2940. The highest BCUT2D eigenvalue weighted by Gasteiger charge is 2.49. The summed E-state index contributed by atoms with van der Waals surface area (Å²) in [5.74, 6) is 0. The summed E-state index contributed by atoms with van der Waals surface area (Å²) < 4.78 is 0. The van der Waals surface area contributed by atoms with Gasteiger partial charge < -0.3 is 9.80 Å². The maximum absolute atomic E-state index is 2.71. The van der Waals surface area contributed by atoms with Crippen molar-refractivity contribution >= 4 is 57.2 Å². The molecule has 2 heterocycles. The second-order valence-electron chi connectivity index (χ2n) is 26.2. The zero-order valence-corrected chi connectivity index (χ0v) is 42.8. The molecule has 0 saturated carbocycles. The third-order valence-corrected chi connectivity index (χ3v) is 16.1. The molecule has 0 amide bonds. The van der Waals surface area contributed by atoms with E-state index in [9.17, 15) is 0 Å². The molecule has 2 aliphatic carbocycles. The first-order valence-corrected chi connectivity index (χ1v) is 24.6. The van der Waals surface area contributed by atoms with Gasteiger partial charge in [0.05, 0.1) is 5.69 Å². The predicted octanol–water partition coefficient (Wildman–Crippen LogP) is 15.2. The summed E-state index contributed by atoms with van der Waals surface area (Å²) in [7, 11) is 0. The second kappa shape index (κ2) is 13.8. The molecule has 0 aromatic heterocycles. The fourth-order valence-electron chi connectivity index (χ4n) is 13.1. The van der Waals surface area contributed by atoms with Crippen LogP contribution in [0.5, 0.6) is 0 Å². The van der Waals surface area contributed by atoms with Crippen molar-refractivity contribution in [1.82, 2.24) is 0 Å². The Morgan fingerprint density at radius 2 is 0.892 bits per heavy atom. The molecule has 4 aliphatic rings. The third kappa shape index (κ3) is 6.79. The van der Waals surface area contributed by atoms with E-state index >= 15 is 0 Å². The van der Waals surface area contributed by atoms with Crippen molar-refractivity contribution in [2.75, 3.05) is 9.80 Å². The van der Waals surface area contributed by atoms with E-state index in [4.69, 9.17) is 0 Å². The minimum Gasteiger partial charge on any atom is -0.311 e. The fourth-order valence-corrected chi connectivity index (χ4v) is 13.1. The lowest BCUT2D eigenvalue weighted by atomic mass is 9.33. The fraction of sp³-hybridized carbons (Fsp3) is 0.419.